The van der Waals surface area contributed by atoms with Crippen molar-refractivity contribution in [2.75, 3.05) is 38.3 Å². The molecule has 0 bridgehead atoms. The van der Waals surface area contributed by atoms with E-state index in [9.17, 15) is 13.2 Å². The molecule has 198 valence electrons. The van der Waals surface area contributed by atoms with Gasteiger partial charge >= 0.3 is 0 Å². The average molecular weight is 544 g/mol. The molecule has 1 aromatic heterocycles. The van der Waals surface area contributed by atoms with Crippen LogP contribution >= 0.6 is 11.3 Å². The van der Waals surface area contributed by atoms with Crippen molar-refractivity contribution in [3.63, 3.8) is 0 Å². The van der Waals surface area contributed by atoms with Crippen LogP contribution in [-0.2, 0) is 26.0 Å². The number of sulfonamides is 1. The first-order valence-corrected chi connectivity index (χ1v) is 15.1. The molecule has 0 saturated carbocycles. The van der Waals surface area contributed by atoms with Crippen LogP contribution in [0.3, 0.4) is 0 Å². The van der Waals surface area contributed by atoms with E-state index in [1.807, 2.05) is 12.1 Å². The van der Waals surface area contributed by atoms with Crippen LogP contribution in [-0.4, -0.2) is 63.1 Å². The highest BCUT2D eigenvalue weighted by Crippen LogP contribution is 2.34. The van der Waals surface area contributed by atoms with Crippen LogP contribution < -0.4 is 9.64 Å². The van der Waals surface area contributed by atoms with Gasteiger partial charge in [-0.2, -0.15) is 4.31 Å². The molecule has 5 rings (SSSR count). The standard InChI is InChI=1S/C27H33N3O5S2/c1-3-19-7-4-10-24-25(19)28-27(36-24)30(18-22-9-6-16-35-22)26(31)20-8-5-15-29(17-20)37(32,33)23-13-11-21(34-2)12-14-23/h4,7,10-14,20,22H,3,5-6,8-9,15-18H2,1-2H3. The summed E-state index contributed by atoms with van der Waals surface area (Å²) in [6.45, 7) is 3.78. The summed E-state index contributed by atoms with van der Waals surface area (Å²) >= 11 is 1.51. The number of anilines is 1. The summed E-state index contributed by atoms with van der Waals surface area (Å²) in [6, 6.07) is 12.5. The molecule has 2 aliphatic heterocycles. The number of methoxy groups -OCH3 is 1. The van der Waals surface area contributed by atoms with Gasteiger partial charge in [0.25, 0.3) is 0 Å². The number of carbonyl (C=O) groups is 1. The Labute approximate surface area is 222 Å². The molecule has 3 aromatic rings. The molecule has 2 aromatic carbocycles. The molecule has 0 spiro atoms. The van der Waals surface area contributed by atoms with Crippen LogP contribution in [0.25, 0.3) is 10.2 Å². The summed E-state index contributed by atoms with van der Waals surface area (Å²) in [5.74, 6) is 0.0700. The minimum absolute atomic E-state index is 0.0377. The van der Waals surface area contributed by atoms with E-state index < -0.39 is 15.9 Å². The molecule has 2 saturated heterocycles. The van der Waals surface area contributed by atoms with Gasteiger partial charge in [-0.1, -0.05) is 30.4 Å². The van der Waals surface area contributed by atoms with Gasteiger partial charge in [-0.3, -0.25) is 9.69 Å². The molecule has 0 aliphatic carbocycles. The number of hydrogen-bond donors (Lipinski definition) is 0. The third kappa shape index (κ3) is 5.38. The number of hydrogen-bond acceptors (Lipinski definition) is 7. The number of amides is 1. The number of rotatable bonds is 8. The van der Waals surface area contributed by atoms with E-state index >= 15 is 0 Å². The number of benzene rings is 2. The zero-order valence-electron chi connectivity index (χ0n) is 21.3. The minimum atomic E-state index is -3.73. The highest BCUT2D eigenvalue weighted by molar-refractivity contribution is 7.89. The van der Waals surface area contributed by atoms with E-state index in [1.54, 1.807) is 36.3 Å². The van der Waals surface area contributed by atoms with Crippen LogP contribution in [0.5, 0.6) is 5.75 Å². The van der Waals surface area contributed by atoms with Crippen LogP contribution in [0.4, 0.5) is 5.13 Å². The van der Waals surface area contributed by atoms with E-state index in [-0.39, 0.29) is 23.5 Å². The molecule has 2 aliphatic rings. The first kappa shape index (κ1) is 26.1. The Morgan fingerprint density at radius 1 is 1.19 bits per heavy atom. The molecule has 37 heavy (non-hydrogen) atoms. The van der Waals surface area contributed by atoms with Crippen LogP contribution in [0.15, 0.2) is 47.4 Å². The molecule has 0 N–H and O–H groups in total. The Hall–Kier alpha value is -2.53. The number of piperidine rings is 1. The van der Waals surface area contributed by atoms with Crippen molar-refractivity contribution in [2.45, 2.75) is 50.0 Å². The summed E-state index contributed by atoms with van der Waals surface area (Å²) < 4.78 is 40.3. The first-order chi connectivity index (χ1) is 17.9. The van der Waals surface area contributed by atoms with Crippen molar-refractivity contribution in [2.24, 2.45) is 5.92 Å². The number of nitrogens with zero attached hydrogens (tertiary/aromatic N) is 3. The number of aromatic nitrogens is 1. The van der Waals surface area contributed by atoms with Gasteiger partial charge in [0.2, 0.25) is 15.9 Å². The quantitative estimate of drug-likeness (QED) is 0.416. The monoisotopic (exact) mass is 543 g/mol. The van der Waals surface area contributed by atoms with Gasteiger partial charge in [-0.15, -0.1) is 0 Å². The number of para-hydroxylation sites is 1. The fraction of sp³-hybridized carbons (Fsp3) is 0.481. The van der Waals surface area contributed by atoms with E-state index in [2.05, 4.69) is 13.0 Å². The Morgan fingerprint density at radius 3 is 2.70 bits per heavy atom. The predicted octanol–water partition coefficient (Wildman–Crippen LogP) is 4.48. The molecule has 8 nitrogen and oxygen atoms in total. The van der Waals surface area contributed by atoms with Gasteiger partial charge in [-0.25, -0.2) is 13.4 Å². The Kier molecular flexibility index (Phi) is 7.80. The van der Waals surface area contributed by atoms with Gasteiger partial charge in [0.15, 0.2) is 5.13 Å². The predicted molar refractivity (Wildman–Crippen MR) is 145 cm³/mol. The number of fused-ring (bicyclic) bond motifs is 1. The smallest absolute Gasteiger partial charge is 0.243 e. The second-order valence-electron chi connectivity index (χ2n) is 9.58. The number of ether oxygens (including phenoxy) is 2. The molecule has 0 radical (unpaired) electrons. The average Bonchev–Trinajstić information content (AvgIpc) is 3.61. The normalized spacial score (nSPS) is 20.8. The summed E-state index contributed by atoms with van der Waals surface area (Å²) in [5, 5.41) is 0.659. The summed E-state index contributed by atoms with van der Waals surface area (Å²) in [5.41, 5.74) is 2.08. The van der Waals surface area contributed by atoms with Crippen LogP contribution in [0.2, 0.25) is 0 Å². The lowest BCUT2D eigenvalue weighted by Crippen LogP contribution is -2.48. The molecule has 3 heterocycles. The number of aryl methyl sites for hydroxylation is 1. The van der Waals surface area contributed by atoms with E-state index in [0.29, 0.717) is 43.4 Å². The zero-order valence-corrected chi connectivity index (χ0v) is 22.9. The largest absolute Gasteiger partial charge is 0.497 e. The molecular weight excluding hydrogens is 510 g/mol. The number of thiazole rings is 1. The summed E-state index contributed by atoms with van der Waals surface area (Å²) in [4.78, 5) is 20.9. The Bertz CT molecular complexity index is 1350. The maximum atomic E-state index is 14.0. The highest BCUT2D eigenvalue weighted by atomic mass is 32.2. The van der Waals surface area contributed by atoms with Crippen molar-refractivity contribution < 1.29 is 22.7 Å². The Morgan fingerprint density at radius 2 is 2.00 bits per heavy atom. The topological polar surface area (TPSA) is 89.0 Å². The van der Waals surface area contributed by atoms with Gasteiger partial charge < -0.3 is 9.47 Å². The molecule has 10 heteroatoms. The van der Waals surface area contributed by atoms with E-state index in [0.717, 1.165) is 35.0 Å². The van der Waals surface area contributed by atoms with Crippen LogP contribution in [0.1, 0.15) is 38.2 Å². The van der Waals surface area contributed by atoms with Gasteiger partial charge in [0.05, 0.1) is 40.8 Å². The lowest BCUT2D eigenvalue weighted by molar-refractivity contribution is -0.123. The SMILES string of the molecule is CCc1cccc2sc(N(CC3CCCO3)C(=O)C3CCCN(S(=O)(=O)c4ccc(OC)cc4)C3)nc12. The van der Waals surface area contributed by atoms with Crippen molar-refractivity contribution in [3.05, 3.63) is 48.0 Å². The second-order valence-corrected chi connectivity index (χ2v) is 12.5. The Balaban J connectivity index is 1.41. The van der Waals surface area contributed by atoms with Crippen LogP contribution in [0, 0.1) is 5.92 Å². The van der Waals surface area contributed by atoms with Crippen molar-refractivity contribution in [1.29, 1.82) is 0 Å². The van der Waals surface area contributed by atoms with Gasteiger partial charge in [-0.05, 0) is 68.0 Å². The van der Waals surface area contributed by atoms with Gasteiger partial charge in [0, 0.05) is 19.7 Å². The second kappa shape index (κ2) is 11.1. The highest BCUT2D eigenvalue weighted by Gasteiger charge is 2.37. The fourth-order valence-corrected chi connectivity index (χ4v) is 7.68. The molecule has 2 fully saturated rings. The van der Waals surface area contributed by atoms with E-state index in [4.69, 9.17) is 14.5 Å². The maximum Gasteiger partial charge on any atom is 0.243 e. The first-order valence-electron chi connectivity index (χ1n) is 12.9. The molecule has 2 atom stereocenters. The van der Waals surface area contributed by atoms with Crippen molar-refractivity contribution in [3.8, 4) is 5.75 Å². The lowest BCUT2D eigenvalue weighted by atomic mass is 9.98. The summed E-state index contributed by atoms with van der Waals surface area (Å²) in [6.07, 6.45) is 3.96. The molecule has 1 amide bonds. The zero-order chi connectivity index (χ0) is 26.0. The third-order valence-corrected chi connectivity index (χ3v) is 10.1. The summed E-state index contributed by atoms with van der Waals surface area (Å²) in [7, 11) is -2.18. The van der Waals surface area contributed by atoms with Crippen molar-refractivity contribution >= 4 is 42.6 Å². The lowest BCUT2D eigenvalue weighted by Gasteiger charge is -2.34. The fourth-order valence-electron chi connectivity index (χ4n) is 5.13. The maximum absolute atomic E-state index is 14.0. The minimum Gasteiger partial charge on any atom is -0.497 e. The number of carbonyl (C=O) groups excluding carboxylic acids is 1. The molecular formula is C27H33N3O5S2. The van der Waals surface area contributed by atoms with E-state index in [1.165, 1.54) is 15.6 Å². The van der Waals surface area contributed by atoms with Gasteiger partial charge in [0.1, 0.15) is 5.75 Å². The third-order valence-electron chi connectivity index (χ3n) is 7.21. The van der Waals surface area contributed by atoms with Crippen molar-refractivity contribution in [1.82, 2.24) is 9.29 Å². The molecule has 2 unspecified atom stereocenters.